The van der Waals surface area contributed by atoms with E-state index in [2.05, 4.69) is 6.92 Å². The minimum Gasteiger partial charge on any atom is -0.744 e. The van der Waals surface area contributed by atoms with Crippen LogP contribution in [0.1, 0.15) is 35.8 Å². The minimum absolute atomic E-state index is 0. The molecule has 3 nitrogen and oxygen atoms in total. The van der Waals surface area contributed by atoms with Crippen LogP contribution in [0.25, 0.3) is 0 Å². The van der Waals surface area contributed by atoms with E-state index in [4.69, 9.17) is 12.2 Å². The summed E-state index contributed by atoms with van der Waals surface area (Å²) in [5.74, 6) is 0. The summed E-state index contributed by atoms with van der Waals surface area (Å²) in [5.41, 5.74) is 2.14. The summed E-state index contributed by atoms with van der Waals surface area (Å²) in [4.78, 5) is 1.14. The predicted molar refractivity (Wildman–Crippen MR) is 88.9 cm³/mol. The molecule has 1 aromatic heterocycles. The maximum atomic E-state index is 10.9. The summed E-state index contributed by atoms with van der Waals surface area (Å²) < 4.78 is 33.7. The van der Waals surface area contributed by atoms with Crippen molar-refractivity contribution in [3.8, 4) is 0 Å². The van der Waals surface area contributed by atoms with E-state index in [1.807, 2.05) is 0 Å². The van der Waals surface area contributed by atoms with Gasteiger partial charge in [0.15, 0.2) is 0 Å². The second kappa shape index (κ2) is 9.03. The van der Waals surface area contributed by atoms with Gasteiger partial charge < -0.3 is 4.55 Å². The molecule has 8 heteroatoms. The summed E-state index contributed by atoms with van der Waals surface area (Å²) in [6, 6.07) is 6.10. The molecule has 2 aromatic rings. The van der Waals surface area contributed by atoms with Gasteiger partial charge in [-0.15, -0.1) is 0 Å². The first-order valence-electron chi connectivity index (χ1n) is 6.57. The number of benzene rings is 1. The Hall–Kier alpha value is 0.400. The molecule has 0 spiro atoms. The first-order valence-corrected chi connectivity index (χ1v) is 10.5. The van der Waals surface area contributed by atoms with Crippen molar-refractivity contribution in [3.05, 3.63) is 44.1 Å². The molecule has 0 aliphatic rings. The van der Waals surface area contributed by atoms with Crippen LogP contribution in [0.4, 0.5) is 0 Å². The van der Waals surface area contributed by atoms with Gasteiger partial charge in [-0.05, 0) is 36.1 Å². The number of aryl methyl sites for hydroxylation is 1. The number of hydrogen-bond donors (Lipinski definition) is 0. The third kappa shape index (κ3) is 5.49. The molecule has 0 aliphatic heterocycles. The molecule has 0 saturated heterocycles. The molecule has 0 radical (unpaired) electrons. The third-order valence-electron chi connectivity index (χ3n) is 3.15. The second-order valence-electron chi connectivity index (χ2n) is 4.73. The van der Waals surface area contributed by atoms with Crippen LogP contribution in [0.15, 0.2) is 29.2 Å². The van der Waals surface area contributed by atoms with Gasteiger partial charge in [0.2, 0.25) is 0 Å². The Bertz CT molecular complexity index is 760. The molecule has 0 amide bonds. The van der Waals surface area contributed by atoms with E-state index in [1.54, 1.807) is 32.8 Å². The topological polar surface area (TPSA) is 57.2 Å². The van der Waals surface area contributed by atoms with Crippen molar-refractivity contribution < 1.29 is 42.5 Å². The van der Waals surface area contributed by atoms with Gasteiger partial charge in [0.25, 0.3) is 0 Å². The molecule has 2 rings (SSSR count). The van der Waals surface area contributed by atoms with Gasteiger partial charge in [-0.25, -0.2) is 8.42 Å². The molecule has 0 saturated carbocycles. The van der Waals surface area contributed by atoms with E-state index >= 15 is 0 Å². The van der Waals surface area contributed by atoms with Crippen molar-refractivity contribution in [1.29, 1.82) is 0 Å². The molecule has 22 heavy (non-hydrogen) atoms. The van der Waals surface area contributed by atoms with Crippen LogP contribution in [0.5, 0.6) is 0 Å². The Morgan fingerprint density at radius 1 is 1.18 bits per heavy atom. The van der Waals surface area contributed by atoms with Crippen molar-refractivity contribution in [1.82, 2.24) is 0 Å². The van der Waals surface area contributed by atoms with Gasteiger partial charge in [-0.3, -0.25) is 0 Å². The number of unbranched alkanes of at least 4 members (excludes halogenated alkanes) is 1. The largest absolute Gasteiger partial charge is 1.00 e. The summed E-state index contributed by atoms with van der Waals surface area (Å²) in [6.45, 7) is 2.16. The zero-order valence-corrected chi connectivity index (χ0v) is 17.8. The van der Waals surface area contributed by atoms with Crippen molar-refractivity contribution in [2.24, 2.45) is 0 Å². The van der Waals surface area contributed by atoms with Crippen molar-refractivity contribution in [2.45, 2.75) is 37.5 Å². The number of rotatable bonds is 6. The Balaban J connectivity index is 0.00000242. The Morgan fingerprint density at radius 2 is 1.82 bits per heavy atom. The molecule has 0 fully saturated rings. The fourth-order valence-corrected chi connectivity index (χ4v) is 5.44. The average molecular weight is 383 g/mol. The van der Waals surface area contributed by atoms with Crippen LogP contribution in [0, 0.1) is 3.82 Å². The van der Waals surface area contributed by atoms with Crippen LogP contribution in [0.3, 0.4) is 0 Å². The van der Waals surface area contributed by atoms with Crippen molar-refractivity contribution >= 4 is 43.0 Å². The molecule has 0 aliphatic carbocycles. The van der Waals surface area contributed by atoms with E-state index in [0.29, 0.717) is 6.42 Å². The van der Waals surface area contributed by atoms with Gasteiger partial charge >= 0.3 is 29.6 Å². The standard InChI is InChI=1S/C14H16O3S4.Na/c1-2-3-4-13-12(14(18)20-19-13)9-10-5-7-11(8-6-10)21(15,16)17;/h5-8H,2-4,9H2,1H3,(H,15,16,17);/q;+1/p-1. The summed E-state index contributed by atoms with van der Waals surface area (Å²) in [6.07, 6.45) is 4.01. The maximum absolute atomic E-state index is 10.9. The van der Waals surface area contributed by atoms with E-state index in [1.165, 1.54) is 22.6 Å². The Morgan fingerprint density at radius 3 is 2.36 bits per heavy atom. The fourth-order valence-electron chi connectivity index (χ4n) is 1.98. The zero-order valence-electron chi connectivity index (χ0n) is 12.5. The molecule has 0 unspecified atom stereocenters. The fraction of sp³-hybridized carbons (Fsp3) is 0.357. The van der Waals surface area contributed by atoms with Crippen LogP contribution in [-0.4, -0.2) is 13.0 Å². The summed E-state index contributed by atoms with van der Waals surface area (Å²) in [5, 5.41) is 0. The predicted octanol–water partition coefficient (Wildman–Crippen LogP) is 1.38. The first-order chi connectivity index (χ1) is 9.91. The monoisotopic (exact) mass is 382 g/mol. The molecule has 0 bridgehead atoms. The zero-order chi connectivity index (χ0) is 15.5. The van der Waals surface area contributed by atoms with Gasteiger partial charge in [0.1, 0.15) is 13.9 Å². The van der Waals surface area contributed by atoms with Crippen molar-refractivity contribution in [2.75, 3.05) is 0 Å². The first kappa shape index (κ1) is 20.4. The molecule has 0 atom stereocenters. The third-order valence-corrected chi connectivity index (χ3v) is 7.30. The Kier molecular flexibility index (Phi) is 8.39. The van der Waals surface area contributed by atoms with Crippen LogP contribution in [0.2, 0.25) is 0 Å². The maximum Gasteiger partial charge on any atom is 1.00 e. The van der Waals surface area contributed by atoms with Crippen molar-refractivity contribution in [3.63, 3.8) is 0 Å². The minimum atomic E-state index is -4.38. The van der Waals surface area contributed by atoms with Gasteiger partial charge in [0.05, 0.1) is 4.90 Å². The van der Waals surface area contributed by atoms with Crippen LogP contribution in [-0.2, 0) is 23.0 Å². The average Bonchev–Trinajstić information content (AvgIpc) is 2.77. The molecule has 1 aromatic carbocycles. The summed E-state index contributed by atoms with van der Waals surface area (Å²) >= 11 is 5.39. The molecule has 0 N–H and O–H groups in total. The number of hydrogen-bond acceptors (Lipinski definition) is 6. The van der Waals surface area contributed by atoms with E-state index in [-0.39, 0.29) is 34.5 Å². The van der Waals surface area contributed by atoms with Gasteiger partial charge in [-0.2, -0.15) is 0 Å². The van der Waals surface area contributed by atoms with Gasteiger partial charge in [0, 0.05) is 11.3 Å². The van der Waals surface area contributed by atoms with Crippen LogP contribution < -0.4 is 29.6 Å². The summed E-state index contributed by atoms with van der Waals surface area (Å²) in [7, 11) is -1.02. The second-order valence-corrected chi connectivity index (χ2v) is 9.01. The Labute approximate surface area is 165 Å². The molecule has 114 valence electrons. The molecular formula is C14H15NaO3S4. The van der Waals surface area contributed by atoms with E-state index in [9.17, 15) is 13.0 Å². The van der Waals surface area contributed by atoms with E-state index < -0.39 is 10.1 Å². The van der Waals surface area contributed by atoms with E-state index in [0.717, 1.165) is 28.6 Å². The smallest absolute Gasteiger partial charge is 0.744 e. The van der Waals surface area contributed by atoms with Gasteiger partial charge in [-0.1, -0.05) is 58.4 Å². The molecule has 1 heterocycles. The van der Waals surface area contributed by atoms with Crippen LogP contribution >= 0.6 is 32.9 Å². The normalized spacial score (nSPS) is 11.2. The quantitative estimate of drug-likeness (QED) is 0.328. The SMILES string of the molecule is CCCCc1ssc(=S)c1Cc1ccc(S(=O)(=O)[O-])cc1.[Na+]. The molecular weight excluding hydrogens is 367 g/mol.